The lowest BCUT2D eigenvalue weighted by Crippen LogP contribution is -2.57. The Kier molecular flexibility index (Phi) is 5.73. The zero-order chi connectivity index (χ0) is 16.1. The maximum Gasteiger partial charge on any atom is 0.297 e. The average Bonchev–Trinajstić information content (AvgIpc) is 2.73. The van der Waals surface area contributed by atoms with Crippen molar-refractivity contribution in [2.24, 2.45) is 0 Å². The third-order valence-corrected chi connectivity index (χ3v) is 4.79. The lowest BCUT2D eigenvalue weighted by molar-refractivity contribution is -0.145. The van der Waals surface area contributed by atoms with Gasteiger partial charge in [-0.25, -0.2) is 0 Å². The summed E-state index contributed by atoms with van der Waals surface area (Å²) in [7, 11) is -4.97. The second-order valence-corrected chi connectivity index (χ2v) is 6.48. The van der Waals surface area contributed by atoms with E-state index in [-0.39, 0.29) is 32.0 Å². The number of carbonyl (C=O) groups excluding carboxylic acids is 4. The molecule has 1 saturated heterocycles. The molecule has 0 aromatic rings. The van der Waals surface area contributed by atoms with E-state index >= 15 is 0 Å². The van der Waals surface area contributed by atoms with Crippen molar-refractivity contribution in [1.29, 1.82) is 0 Å². The van der Waals surface area contributed by atoms with E-state index in [0.717, 1.165) is 0 Å². The van der Waals surface area contributed by atoms with Crippen LogP contribution in [0.2, 0.25) is 0 Å². The molecule has 1 fully saturated rings. The van der Waals surface area contributed by atoms with Gasteiger partial charge in [0, 0.05) is 19.3 Å². The van der Waals surface area contributed by atoms with Crippen molar-refractivity contribution < 1.29 is 32.1 Å². The van der Waals surface area contributed by atoms with E-state index in [1.54, 1.807) is 0 Å². The molecule has 0 aromatic carbocycles. The number of amides is 2. The first-order valence-electron chi connectivity index (χ1n) is 6.53. The van der Waals surface area contributed by atoms with Crippen molar-refractivity contribution >= 4 is 34.5 Å². The molecule has 1 rings (SSSR count). The van der Waals surface area contributed by atoms with Gasteiger partial charge in [-0.05, 0) is 19.3 Å². The first kappa shape index (κ1) is 17.4. The molecule has 1 N–H and O–H groups in total. The molecule has 2 amide bonds. The molecular formula is C12H17NO7S. The number of unbranched alkanes of at least 4 members (excludes halogenated alkanes) is 3. The van der Waals surface area contributed by atoms with Crippen LogP contribution in [0.25, 0.3) is 0 Å². The third kappa shape index (κ3) is 3.53. The van der Waals surface area contributed by atoms with Gasteiger partial charge >= 0.3 is 0 Å². The van der Waals surface area contributed by atoms with Crippen LogP contribution in [0.4, 0.5) is 0 Å². The second-order valence-electron chi connectivity index (χ2n) is 4.83. The molecule has 0 aliphatic carbocycles. The van der Waals surface area contributed by atoms with E-state index in [1.807, 2.05) is 0 Å². The number of imide groups is 1. The molecule has 9 heteroatoms. The van der Waals surface area contributed by atoms with Crippen LogP contribution in [0.15, 0.2) is 0 Å². The predicted octanol–water partition coefficient (Wildman–Crippen LogP) is 0.0678. The second kappa shape index (κ2) is 6.90. The number of nitrogens with zero attached hydrogens (tertiary/aromatic N) is 1. The Hall–Kier alpha value is -1.61. The Bertz CT molecular complexity index is 526. The summed E-state index contributed by atoms with van der Waals surface area (Å²) in [6.45, 7) is 0. The zero-order valence-corrected chi connectivity index (χ0v) is 12.2. The maximum atomic E-state index is 11.7. The van der Waals surface area contributed by atoms with Gasteiger partial charge in [0.25, 0.3) is 10.1 Å². The molecular weight excluding hydrogens is 302 g/mol. The third-order valence-electron chi connectivity index (χ3n) is 3.42. The van der Waals surface area contributed by atoms with E-state index in [4.69, 9.17) is 0 Å². The number of rotatable bonds is 9. The molecule has 0 saturated carbocycles. The highest BCUT2D eigenvalue weighted by molar-refractivity contribution is 7.88. The first-order valence-corrected chi connectivity index (χ1v) is 7.97. The summed E-state index contributed by atoms with van der Waals surface area (Å²) in [5.41, 5.74) is 0. The van der Waals surface area contributed by atoms with Gasteiger partial charge in [-0.15, -0.1) is 0 Å². The molecule has 0 aromatic heterocycles. The smallest absolute Gasteiger partial charge is 0.297 e. The quantitative estimate of drug-likeness (QED) is 0.276. The SMILES string of the molecule is O=CCCCCCC(C=O)(N1C(=O)CCC1=O)S(=O)(=O)O. The summed E-state index contributed by atoms with van der Waals surface area (Å²) in [6, 6.07) is 0. The van der Waals surface area contributed by atoms with Gasteiger partial charge in [-0.3, -0.25) is 23.8 Å². The molecule has 1 unspecified atom stereocenters. The number of hydrogen-bond donors (Lipinski definition) is 1. The van der Waals surface area contributed by atoms with Crippen LogP contribution in [0.5, 0.6) is 0 Å². The van der Waals surface area contributed by atoms with Gasteiger partial charge in [0.2, 0.25) is 16.7 Å². The predicted molar refractivity (Wildman–Crippen MR) is 70.6 cm³/mol. The fourth-order valence-electron chi connectivity index (χ4n) is 2.31. The maximum absolute atomic E-state index is 11.7. The Morgan fingerprint density at radius 2 is 1.67 bits per heavy atom. The van der Waals surface area contributed by atoms with Crippen molar-refractivity contribution in [2.45, 2.75) is 49.8 Å². The Balaban J connectivity index is 3.00. The fraction of sp³-hybridized carbons (Fsp3) is 0.667. The summed E-state index contributed by atoms with van der Waals surface area (Å²) >= 11 is 0. The molecule has 8 nitrogen and oxygen atoms in total. The molecule has 0 radical (unpaired) electrons. The summed E-state index contributed by atoms with van der Waals surface area (Å²) in [6.07, 6.45) is 1.28. The van der Waals surface area contributed by atoms with Crippen LogP contribution in [0.3, 0.4) is 0 Å². The van der Waals surface area contributed by atoms with Crippen molar-refractivity contribution in [3.05, 3.63) is 0 Å². The lowest BCUT2D eigenvalue weighted by atomic mass is 10.1. The minimum atomic E-state index is -4.97. The van der Waals surface area contributed by atoms with Crippen LogP contribution in [0.1, 0.15) is 44.9 Å². The largest absolute Gasteiger partial charge is 0.303 e. The van der Waals surface area contributed by atoms with Crippen LogP contribution in [-0.2, 0) is 29.3 Å². The molecule has 0 bridgehead atoms. The molecule has 21 heavy (non-hydrogen) atoms. The molecule has 1 heterocycles. The topological polar surface area (TPSA) is 126 Å². The summed E-state index contributed by atoms with van der Waals surface area (Å²) < 4.78 is 32.6. The number of likely N-dealkylation sites (tertiary alicyclic amines) is 1. The van der Waals surface area contributed by atoms with Crippen LogP contribution in [0, 0.1) is 0 Å². The molecule has 0 spiro atoms. The van der Waals surface area contributed by atoms with Crippen LogP contribution < -0.4 is 0 Å². The highest BCUT2D eigenvalue weighted by Crippen LogP contribution is 2.31. The minimum Gasteiger partial charge on any atom is -0.303 e. The van der Waals surface area contributed by atoms with E-state index in [0.29, 0.717) is 30.4 Å². The average molecular weight is 319 g/mol. The monoisotopic (exact) mass is 319 g/mol. The Morgan fingerprint density at radius 3 is 2.10 bits per heavy atom. The van der Waals surface area contributed by atoms with Gasteiger partial charge in [0.05, 0.1) is 0 Å². The van der Waals surface area contributed by atoms with Gasteiger partial charge in [0.15, 0.2) is 6.29 Å². The number of aldehydes is 2. The fourth-order valence-corrected chi connectivity index (χ4v) is 3.27. The van der Waals surface area contributed by atoms with Gasteiger partial charge < -0.3 is 4.79 Å². The minimum absolute atomic E-state index is 0.0663. The highest BCUT2D eigenvalue weighted by Gasteiger charge is 2.54. The molecule has 1 aliphatic heterocycles. The van der Waals surface area contributed by atoms with Crippen molar-refractivity contribution in [3.8, 4) is 0 Å². The molecule has 1 aliphatic rings. The first-order chi connectivity index (χ1) is 9.80. The number of carbonyl (C=O) groups is 4. The normalized spacial score (nSPS) is 18.6. The van der Waals surface area contributed by atoms with Crippen LogP contribution in [-0.4, -0.2) is 47.1 Å². The van der Waals surface area contributed by atoms with Crippen molar-refractivity contribution in [3.63, 3.8) is 0 Å². The lowest BCUT2D eigenvalue weighted by Gasteiger charge is -2.32. The standard InChI is InChI=1S/C12H17NO7S/c14-8-4-2-1-3-7-12(9-15,21(18,19)20)13-10(16)5-6-11(13)17/h8-9H,1-7H2,(H,18,19,20). The summed E-state index contributed by atoms with van der Waals surface area (Å²) in [5.74, 6) is -1.59. The van der Waals surface area contributed by atoms with Crippen LogP contribution >= 0.6 is 0 Å². The molecule has 118 valence electrons. The Morgan fingerprint density at radius 1 is 1.10 bits per heavy atom. The van der Waals surface area contributed by atoms with E-state index < -0.39 is 26.8 Å². The van der Waals surface area contributed by atoms with E-state index in [9.17, 15) is 32.1 Å². The summed E-state index contributed by atoms with van der Waals surface area (Å²) in [4.78, 5) is 42.7. The summed E-state index contributed by atoms with van der Waals surface area (Å²) in [5, 5.41) is 0. The molecule has 1 atom stereocenters. The van der Waals surface area contributed by atoms with E-state index in [1.165, 1.54) is 0 Å². The van der Waals surface area contributed by atoms with Crippen molar-refractivity contribution in [1.82, 2.24) is 4.90 Å². The van der Waals surface area contributed by atoms with E-state index in [2.05, 4.69) is 0 Å². The van der Waals surface area contributed by atoms with Crippen molar-refractivity contribution in [2.75, 3.05) is 0 Å². The van der Waals surface area contributed by atoms with Gasteiger partial charge in [0.1, 0.15) is 6.29 Å². The highest BCUT2D eigenvalue weighted by atomic mass is 32.2. The Labute approximate surface area is 122 Å². The van der Waals surface area contributed by atoms with Gasteiger partial charge in [-0.2, -0.15) is 8.42 Å². The number of hydrogen-bond acceptors (Lipinski definition) is 6. The van der Waals surface area contributed by atoms with Gasteiger partial charge in [-0.1, -0.05) is 6.42 Å². The zero-order valence-electron chi connectivity index (χ0n) is 11.4.